The van der Waals surface area contributed by atoms with E-state index in [-0.39, 0.29) is 19.0 Å². The van der Waals surface area contributed by atoms with E-state index in [4.69, 9.17) is 0 Å². The average Bonchev–Trinajstić information content (AvgIpc) is 2.73. The Morgan fingerprint density at radius 2 is 1.54 bits per heavy atom. The Balaban J connectivity index is 2.32. The van der Waals surface area contributed by atoms with Gasteiger partial charge >= 0.3 is 0 Å². The summed E-state index contributed by atoms with van der Waals surface area (Å²) in [5.41, 5.74) is 1.69. The lowest BCUT2D eigenvalue weighted by Gasteiger charge is -2.22. The third kappa shape index (κ3) is 4.17. The Kier molecular flexibility index (Phi) is 5.74. The van der Waals surface area contributed by atoms with Crippen molar-refractivity contribution in [3.05, 3.63) is 29.3 Å². The second-order valence-electron chi connectivity index (χ2n) is 6.60. The summed E-state index contributed by atoms with van der Waals surface area (Å²) < 4.78 is 52.2. The second-order valence-corrected chi connectivity index (χ2v) is 10.5. The first-order valence-electron chi connectivity index (χ1n) is 8.09. The molecule has 0 saturated carbocycles. The van der Waals surface area contributed by atoms with Crippen molar-refractivity contribution in [2.75, 3.05) is 32.4 Å². The van der Waals surface area contributed by atoms with Crippen LogP contribution in [-0.4, -0.2) is 57.9 Å². The third-order valence-corrected chi connectivity index (χ3v) is 7.72. The molecule has 0 aliphatic carbocycles. The monoisotopic (exact) mass is 374 g/mol. The van der Waals surface area contributed by atoms with E-state index in [1.165, 1.54) is 8.61 Å². The van der Waals surface area contributed by atoms with E-state index in [0.29, 0.717) is 30.0 Å². The molecule has 1 aliphatic heterocycles. The largest absolute Gasteiger partial charge is 0.243 e. The molecule has 0 atom stereocenters. The smallest absolute Gasteiger partial charge is 0.213 e. The zero-order valence-electron chi connectivity index (χ0n) is 14.7. The number of benzene rings is 1. The van der Waals surface area contributed by atoms with E-state index >= 15 is 0 Å². The molecule has 1 saturated heterocycles. The van der Waals surface area contributed by atoms with Crippen LogP contribution in [0.1, 0.15) is 37.3 Å². The number of sulfonamides is 2. The lowest BCUT2D eigenvalue weighted by atomic mass is 10.0. The van der Waals surface area contributed by atoms with Crippen LogP contribution in [0.5, 0.6) is 0 Å². The van der Waals surface area contributed by atoms with Gasteiger partial charge in [-0.05, 0) is 36.5 Å². The molecule has 0 unspecified atom stereocenters. The van der Waals surface area contributed by atoms with Crippen molar-refractivity contribution >= 4 is 20.0 Å². The third-order valence-electron chi connectivity index (χ3n) is 4.38. The van der Waals surface area contributed by atoms with E-state index in [9.17, 15) is 16.8 Å². The molecule has 6 nitrogen and oxygen atoms in total. The van der Waals surface area contributed by atoms with Crippen molar-refractivity contribution < 1.29 is 16.8 Å². The minimum atomic E-state index is -3.63. The molecular formula is C16H26N2O4S2. The molecule has 1 fully saturated rings. The molecule has 24 heavy (non-hydrogen) atoms. The first-order valence-corrected chi connectivity index (χ1v) is 11.4. The van der Waals surface area contributed by atoms with E-state index in [1.54, 1.807) is 13.0 Å². The summed E-state index contributed by atoms with van der Waals surface area (Å²) in [4.78, 5) is 0.321. The van der Waals surface area contributed by atoms with Gasteiger partial charge in [0, 0.05) is 26.2 Å². The molecule has 0 radical (unpaired) electrons. The van der Waals surface area contributed by atoms with Crippen LogP contribution in [0.25, 0.3) is 0 Å². The van der Waals surface area contributed by atoms with Crippen molar-refractivity contribution in [2.24, 2.45) is 0 Å². The number of aryl methyl sites for hydroxylation is 1. The van der Waals surface area contributed by atoms with E-state index in [2.05, 4.69) is 0 Å². The van der Waals surface area contributed by atoms with Gasteiger partial charge in [0.2, 0.25) is 20.0 Å². The van der Waals surface area contributed by atoms with E-state index in [1.807, 2.05) is 26.0 Å². The summed E-state index contributed by atoms with van der Waals surface area (Å²) in [7, 11) is -6.93. The molecule has 0 spiro atoms. The molecule has 0 aromatic heterocycles. The fourth-order valence-corrected chi connectivity index (χ4v) is 5.44. The summed E-state index contributed by atoms with van der Waals surface area (Å²) in [6.07, 6.45) is 1.66. The van der Waals surface area contributed by atoms with Crippen LogP contribution in [0, 0.1) is 6.92 Å². The average molecular weight is 375 g/mol. The minimum Gasteiger partial charge on any atom is -0.213 e. The fourth-order valence-electron chi connectivity index (χ4n) is 2.83. The van der Waals surface area contributed by atoms with Crippen LogP contribution in [-0.2, 0) is 20.0 Å². The number of nitrogens with zero attached hydrogens (tertiary/aromatic N) is 2. The van der Waals surface area contributed by atoms with Gasteiger partial charge in [-0.3, -0.25) is 0 Å². The molecule has 2 rings (SSSR count). The molecule has 1 aromatic rings. The van der Waals surface area contributed by atoms with Gasteiger partial charge < -0.3 is 0 Å². The van der Waals surface area contributed by atoms with Gasteiger partial charge in [-0.2, -0.15) is 4.31 Å². The highest BCUT2D eigenvalue weighted by molar-refractivity contribution is 7.89. The molecule has 1 aliphatic rings. The van der Waals surface area contributed by atoms with Crippen LogP contribution in [0.3, 0.4) is 0 Å². The molecule has 1 heterocycles. The highest BCUT2D eigenvalue weighted by Crippen LogP contribution is 2.25. The van der Waals surface area contributed by atoms with Gasteiger partial charge in [-0.25, -0.2) is 21.1 Å². The standard InChI is InChI=1S/C16H26N2O4S2/c1-13(2)15-7-6-14(3)16(12-15)24(21,22)18-9-5-8-17(10-11-18)23(4,19)20/h6-7,12-13H,5,8-11H2,1-4H3. The SMILES string of the molecule is Cc1ccc(C(C)C)cc1S(=O)(=O)N1CCCN(S(C)(=O)=O)CC1. The molecular weight excluding hydrogens is 348 g/mol. The maximum atomic E-state index is 13.0. The van der Waals surface area contributed by atoms with Gasteiger partial charge in [0.15, 0.2) is 0 Å². The number of rotatable bonds is 4. The van der Waals surface area contributed by atoms with Crippen LogP contribution < -0.4 is 0 Å². The lowest BCUT2D eigenvalue weighted by molar-refractivity contribution is 0.406. The van der Waals surface area contributed by atoms with Crippen molar-refractivity contribution in [2.45, 2.75) is 38.0 Å². The first-order chi connectivity index (χ1) is 11.0. The van der Waals surface area contributed by atoms with Crippen molar-refractivity contribution in [1.82, 2.24) is 8.61 Å². The molecule has 0 amide bonds. The summed E-state index contributed by atoms with van der Waals surface area (Å²) in [5.74, 6) is 0.240. The maximum Gasteiger partial charge on any atom is 0.243 e. The van der Waals surface area contributed by atoms with Crippen LogP contribution in [0.4, 0.5) is 0 Å². The van der Waals surface area contributed by atoms with Gasteiger partial charge in [-0.15, -0.1) is 0 Å². The Hall–Kier alpha value is -0.960. The van der Waals surface area contributed by atoms with E-state index < -0.39 is 20.0 Å². The molecule has 0 bridgehead atoms. The quantitative estimate of drug-likeness (QED) is 0.805. The second kappa shape index (κ2) is 7.11. The maximum absolute atomic E-state index is 13.0. The topological polar surface area (TPSA) is 74.8 Å². The Bertz CT molecular complexity index is 801. The van der Waals surface area contributed by atoms with Crippen LogP contribution in [0.2, 0.25) is 0 Å². The van der Waals surface area contributed by atoms with Crippen molar-refractivity contribution in [3.8, 4) is 0 Å². The summed E-state index contributed by atoms with van der Waals surface area (Å²) in [6, 6.07) is 5.53. The summed E-state index contributed by atoms with van der Waals surface area (Å²) >= 11 is 0. The predicted molar refractivity (Wildman–Crippen MR) is 95.1 cm³/mol. The minimum absolute atomic E-state index is 0.181. The van der Waals surface area contributed by atoms with Gasteiger partial charge in [-0.1, -0.05) is 26.0 Å². The molecule has 1 aromatic carbocycles. The van der Waals surface area contributed by atoms with Gasteiger partial charge in [0.25, 0.3) is 0 Å². The highest BCUT2D eigenvalue weighted by atomic mass is 32.2. The summed E-state index contributed by atoms with van der Waals surface area (Å²) in [5, 5.41) is 0. The van der Waals surface area contributed by atoms with Gasteiger partial charge in [0.05, 0.1) is 11.2 Å². The number of hydrogen-bond donors (Lipinski definition) is 0. The predicted octanol–water partition coefficient (Wildman–Crippen LogP) is 1.77. The zero-order chi connectivity index (χ0) is 18.1. The Morgan fingerprint density at radius 1 is 0.958 bits per heavy atom. The van der Waals surface area contributed by atoms with Crippen LogP contribution >= 0.6 is 0 Å². The Morgan fingerprint density at radius 3 is 2.12 bits per heavy atom. The Labute approximate surface area is 145 Å². The molecule has 0 N–H and O–H groups in total. The van der Waals surface area contributed by atoms with Crippen molar-refractivity contribution in [1.29, 1.82) is 0 Å². The van der Waals surface area contributed by atoms with E-state index in [0.717, 1.165) is 11.8 Å². The summed E-state index contributed by atoms with van der Waals surface area (Å²) in [6.45, 7) is 6.91. The van der Waals surface area contributed by atoms with Gasteiger partial charge in [0.1, 0.15) is 0 Å². The fraction of sp³-hybridized carbons (Fsp3) is 0.625. The lowest BCUT2D eigenvalue weighted by Crippen LogP contribution is -2.37. The zero-order valence-corrected chi connectivity index (χ0v) is 16.3. The highest BCUT2D eigenvalue weighted by Gasteiger charge is 2.30. The first kappa shape index (κ1) is 19.4. The molecule has 136 valence electrons. The van der Waals surface area contributed by atoms with Crippen molar-refractivity contribution in [3.63, 3.8) is 0 Å². The van der Waals surface area contributed by atoms with Crippen LogP contribution in [0.15, 0.2) is 23.1 Å². The normalized spacial score (nSPS) is 18.7. The molecule has 8 heteroatoms. The number of hydrogen-bond acceptors (Lipinski definition) is 4.